The second-order valence-corrected chi connectivity index (χ2v) is 7.16. The van der Waals surface area contributed by atoms with Crippen molar-refractivity contribution in [2.75, 3.05) is 6.54 Å². The zero-order valence-electron chi connectivity index (χ0n) is 10.5. The Labute approximate surface area is 129 Å². The molecule has 1 N–H and O–H groups in total. The summed E-state index contributed by atoms with van der Waals surface area (Å²) < 4.78 is 14.3. The van der Waals surface area contributed by atoms with Crippen LogP contribution in [0.1, 0.15) is 36.0 Å². The van der Waals surface area contributed by atoms with Gasteiger partial charge in [0.05, 0.1) is 5.56 Å². The van der Waals surface area contributed by atoms with Crippen molar-refractivity contribution in [3.05, 3.63) is 34.1 Å². The summed E-state index contributed by atoms with van der Waals surface area (Å²) >= 11 is 6.78. The number of hydrogen-bond acceptors (Lipinski definition) is 1. The van der Waals surface area contributed by atoms with Gasteiger partial charge in [0.25, 0.3) is 5.91 Å². The van der Waals surface area contributed by atoms with Crippen molar-refractivity contribution in [3.63, 3.8) is 0 Å². The van der Waals surface area contributed by atoms with Gasteiger partial charge in [0, 0.05) is 15.8 Å². The second kappa shape index (κ2) is 6.84. The number of carbonyl (C=O) groups is 1. The van der Waals surface area contributed by atoms with Crippen LogP contribution in [0.2, 0.25) is 0 Å². The number of amides is 1. The number of carbonyl (C=O) groups excluding carboxylic acids is 1. The van der Waals surface area contributed by atoms with Crippen LogP contribution in [0.4, 0.5) is 4.39 Å². The first-order valence-electron chi connectivity index (χ1n) is 6.43. The number of benzene rings is 1. The first-order valence-corrected chi connectivity index (χ1v) is 8.14. The third kappa shape index (κ3) is 4.28. The summed E-state index contributed by atoms with van der Waals surface area (Å²) in [6.07, 6.45) is 4.51. The molecule has 104 valence electrons. The molecule has 0 heterocycles. The molecule has 1 fully saturated rings. The highest BCUT2D eigenvalue weighted by Crippen LogP contribution is 2.28. The molecule has 0 aromatic heterocycles. The van der Waals surface area contributed by atoms with E-state index in [-0.39, 0.29) is 11.5 Å². The van der Waals surface area contributed by atoms with Crippen molar-refractivity contribution < 1.29 is 9.18 Å². The van der Waals surface area contributed by atoms with Crippen LogP contribution in [0.15, 0.2) is 22.7 Å². The summed E-state index contributed by atoms with van der Waals surface area (Å²) in [4.78, 5) is 12.5. The largest absolute Gasteiger partial charge is 0.352 e. The van der Waals surface area contributed by atoms with Crippen LogP contribution in [-0.2, 0) is 0 Å². The van der Waals surface area contributed by atoms with Crippen molar-refractivity contribution in [2.24, 2.45) is 5.92 Å². The van der Waals surface area contributed by atoms with E-state index in [0.29, 0.717) is 21.8 Å². The molecule has 0 atom stereocenters. The Kier molecular flexibility index (Phi) is 5.39. The van der Waals surface area contributed by atoms with Crippen LogP contribution in [0.25, 0.3) is 0 Å². The van der Waals surface area contributed by atoms with Gasteiger partial charge in [-0.15, -0.1) is 0 Å². The van der Waals surface area contributed by atoms with Gasteiger partial charge in [0.15, 0.2) is 0 Å². The lowest BCUT2D eigenvalue weighted by molar-refractivity contribution is 0.0940. The van der Waals surface area contributed by atoms with Crippen molar-refractivity contribution in [2.45, 2.75) is 30.5 Å². The Bertz CT molecular complexity index is 459. The van der Waals surface area contributed by atoms with Gasteiger partial charge < -0.3 is 5.32 Å². The van der Waals surface area contributed by atoms with Crippen LogP contribution >= 0.6 is 31.9 Å². The molecule has 1 aromatic carbocycles. The smallest absolute Gasteiger partial charge is 0.254 e. The van der Waals surface area contributed by atoms with Gasteiger partial charge in [0.2, 0.25) is 0 Å². The molecule has 0 saturated heterocycles. The van der Waals surface area contributed by atoms with E-state index in [9.17, 15) is 9.18 Å². The van der Waals surface area contributed by atoms with Crippen LogP contribution in [-0.4, -0.2) is 17.3 Å². The summed E-state index contributed by atoms with van der Waals surface area (Å²) in [7, 11) is 0. The Hall–Kier alpha value is -0.420. The summed E-state index contributed by atoms with van der Waals surface area (Å²) in [5.74, 6) is -0.307. The predicted octanol–water partition coefficient (Wildman–Crippen LogP) is 4.27. The van der Waals surface area contributed by atoms with Crippen LogP contribution < -0.4 is 5.32 Å². The topological polar surface area (TPSA) is 29.1 Å². The Balaban J connectivity index is 1.87. The van der Waals surface area contributed by atoms with E-state index in [2.05, 4.69) is 37.2 Å². The van der Waals surface area contributed by atoms with Crippen molar-refractivity contribution in [3.8, 4) is 0 Å². The number of nitrogens with one attached hydrogen (secondary N) is 1. The average molecular weight is 393 g/mol. The van der Waals surface area contributed by atoms with E-state index in [1.165, 1.54) is 12.1 Å². The van der Waals surface area contributed by atoms with Gasteiger partial charge in [0.1, 0.15) is 5.82 Å². The average Bonchev–Trinajstić information content (AvgIpc) is 2.37. The number of rotatable bonds is 3. The molecule has 5 heteroatoms. The lowest BCUT2D eigenvalue weighted by Crippen LogP contribution is -2.31. The van der Waals surface area contributed by atoms with Gasteiger partial charge in [-0.25, -0.2) is 4.39 Å². The maximum absolute atomic E-state index is 13.6. The quantitative estimate of drug-likeness (QED) is 0.764. The molecule has 0 unspecified atom stereocenters. The maximum Gasteiger partial charge on any atom is 0.254 e. The Morgan fingerprint density at radius 1 is 1.32 bits per heavy atom. The minimum absolute atomic E-state index is 0.109. The fraction of sp³-hybridized carbons (Fsp3) is 0.500. The van der Waals surface area contributed by atoms with E-state index in [1.807, 2.05) is 0 Å². The Morgan fingerprint density at radius 2 is 2.00 bits per heavy atom. The first kappa shape index (κ1) is 15.0. The molecule has 0 bridgehead atoms. The highest BCUT2D eigenvalue weighted by molar-refractivity contribution is 9.10. The van der Waals surface area contributed by atoms with Gasteiger partial charge in [-0.2, -0.15) is 0 Å². The predicted molar refractivity (Wildman–Crippen MR) is 81.1 cm³/mol. The molecule has 1 aliphatic rings. The minimum Gasteiger partial charge on any atom is -0.352 e. The Morgan fingerprint density at radius 3 is 2.63 bits per heavy atom. The molecule has 2 rings (SSSR count). The molecule has 0 aliphatic heterocycles. The zero-order valence-corrected chi connectivity index (χ0v) is 13.6. The number of alkyl halides is 1. The molecule has 1 aliphatic carbocycles. The van der Waals surface area contributed by atoms with Crippen LogP contribution in [0.3, 0.4) is 0 Å². The molecular formula is C14H16Br2FNO. The van der Waals surface area contributed by atoms with Gasteiger partial charge in [-0.05, 0) is 49.8 Å². The molecule has 0 spiro atoms. The van der Waals surface area contributed by atoms with Crippen molar-refractivity contribution in [1.29, 1.82) is 0 Å². The van der Waals surface area contributed by atoms with E-state index >= 15 is 0 Å². The van der Waals surface area contributed by atoms with E-state index in [0.717, 1.165) is 25.7 Å². The zero-order chi connectivity index (χ0) is 13.8. The normalized spacial score (nSPS) is 23.1. The fourth-order valence-electron chi connectivity index (χ4n) is 2.33. The van der Waals surface area contributed by atoms with Gasteiger partial charge >= 0.3 is 0 Å². The summed E-state index contributed by atoms with van der Waals surface area (Å²) in [6.45, 7) is 0.633. The highest BCUT2D eigenvalue weighted by Gasteiger charge is 2.20. The van der Waals surface area contributed by atoms with E-state index in [1.54, 1.807) is 6.07 Å². The summed E-state index contributed by atoms with van der Waals surface area (Å²) in [5, 5.41) is 2.83. The van der Waals surface area contributed by atoms with Crippen molar-refractivity contribution in [1.82, 2.24) is 5.32 Å². The summed E-state index contributed by atoms with van der Waals surface area (Å²) in [5.41, 5.74) is 0.109. The molecular weight excluding hydrogens is 377 g/mol. The SMILES string of the molecule is O=C(NCC1CCC(Br)CC1)c1ccc(Br)cc1F. The number of halogens is 3. The van der Waals surface area contributed by atoms with Crippen LogP contribution in [0, 0.1) is 11.7 Å². The first-order chi connectivity index (χ1) is 9.06. The highest BCUT2D eigenvalue weighted by atomic mass is 79.9. The number of hydrogen-bond donors (Lipinski definition) is 1. The molecule has 2 nitrogen and oxygen atoms in total. The molecule has 0 radical (unpaired) electrons. The molecule has 1 aromatic rings. The van der Waals surface area contributed by atoms with Crippen LogP contribution in [0.5, 0.6) is 0 Å². The fourth-order valence-corrected chi connectivity index (χ4v) is 3.19. The lowest BCUT2D eigenvalue weighted by atomic mass is 9.89. The van der Waals surface area contributed by atoms with Crippen molar-refractivity contribution >= 4 is 37.8 Å². The third-order valence-corrected chi connectivity index (χ3v) is 4.91. The van der Waals surface area contributed by atoms with Gasteiger partial charge in [-0.1, -0.05) is 31.9 Å². The van der Waals surface area contributed by atoms with E-state index < -0.39 is 5.82 Å². The monoisotopic (exact) mass is 391 g/mol. The lowest BCUT2D eigenvalue weighted by Gasteiger charge is -2.25. The van der Waals surface area contributed by atoms with E-state index in [4.69, 9.17) is 0 Å². The van der Waals surface area contributed by atoms with Gasteiger partial charge in [-0.3, -0.25) is 4.79 Å². The molecule has 1 saturated carbocycles. The second-order valence-electron chi connectivity index (χ2n) is 4.95. The molecule has 1 amide bonds. The summed E-state index contributed by atoms with van der Waals surface area (Å²) in [6, 6.07) is 4.49. The standard InChI is InChI=1S/C14H16Br2FNO/c15-10-3-1-9(2-4-10)8-18-14(19)12-6-5-11(16)7-13(12)17/h5-7,9-10H,1-4,8H2,(H,18,19). The third-order valence-electron chi connectivity index (χ3n) is 3.50. The maximum atomic E-state index is 13.6. The minimum atomic E-state index is -0.490. The molecule has 19 heavy (non-hydrogen) atoms.